The molecular formula is C18H19NO4S. The summed E-state index contributed by atoms with van der Waals surface area (Å²) in [4.78, 5) is 12.0. The lowest BCUT2D eigenvalue weighted by Gasteiger charge is -2.07. The molecule has 0 radical (unpaired) electrons. The molecule has 0 aliphatic heterocycles. The Balaban J connectivity index is 1.79. The molecule has 2 heterocycles. The van der Waals surface area contributed by atoms with Crippen LogP contribution in [-0.4, -0.2) is 12.3 Å². The molecule has 0 fully saturated rings. The highest BCUT2D eigenvalue weighted by Gasteiger charge is 2.12. The van der Waals surface area contributed by atoms with E-state index in [-0.39, 0.29) is 17.5 Å². The van der Waals surface area contributed by atoms with Gasteiger partial charge < -0.3 is 14.0 Å². The molecule has 0 N–H and O–H groups in total. The minimum atomic E-state index is -0.119. The monoisotopic (exact) mass is 345 g/mol. The fraction of sp³-hybridized carbons (Fsp3) is 0.333. The Bertz CT molecular complexity index is 928. The van der Waals surface area contributed by atoms with E-state index in [4.69, 9.17) is 14.0 Å². The number of aromatic nitrogens is 1. The van der Waals surface area contributed by atoms with Gasteiger partial charge in [0.2, 0.25) is 4.74 Å². The summed E-state index contributed by atoms with van der Waals surface area (Å²) in [5, 5.41) is 5.05. The van der Waals surface area contributed by atoms with Gasteiger partial charge in [0.15, 0.2) is 5.76 Å². The summed E-state index contributed by atoms with van der Waals surface area (Å²) in [6.07, 6.45) is -0.119. The summed E-state index contributed by atoms with van der Waals surface area (Å²) in [7, 11) is 1.62. The van der Waals surface area contributed by atoms with Gasteiger partial charge in [0, 0.05) is 23.4 Å². The summed E-state index contributed by atoms with van der Waals surface area (Å²) < 4.78 is 17.2. The first-order chi connectivity index (χ1) is 11.5. The van der Waals surface area contributed by atoms with Gasteiger partial charge in [0.25, 0.3) is 0 Å². The van der Waals surface area contributed by atoms with Gasteiger partial charge >= 0.3 is 0 Å². The van der Waals surface area contributed by atoms with E-state index < -0.39 is 0 Å². The van der Waals surface area contributed by atoms with E-state index in [1.165, 1.54) is 11.3 Å². The second-order valence-corrected chi connectivity index (χ2v) is 6.70. The normalized spacial score (nSPS) is 12.5. The molecule has 3 rings (SSSR count). The molecule has 5 nitrogen and oxygen atoms in total. The van der Waals surface area contributed by atoms with Gasteiger partial charge in [-0.05, 0) is 49.9 Å². The van der Waals surface area contributed by atoms with Crippen LogP contribution in [0, 0.1) is 13.8 Å². The number of rotatable bonds is 5. The van der Waals surface area contributed by atoms with Crippen molar-refractivity contribution < 1.29 is 14.0 Å². The van der Waals surface area contributed by atoms with Crippen molar-refractivity contribution in [3.05, 3.63) is 56.4 Å². The molecule has 0 aliphatic rings. The zero-order valence-corrected chi connectivity index (χ0v) is 14.9. The number of methoxy groups -OCH3 is 1. The lowest BCUT2D eigenvalue weighted by Crippen LogP contribution is -2.02. The molecule has 0 saturated carbocycles. The standard InChI is InChI=1S/C18H19NO4S/c1-10-11(2)18(20)24-17-8-13(5-6-15(10)17)22-9-14-7-16(19-23-14)12(3)21-4/h5-8,12H,9H2,1-4H3. The van der Waals surface area contributed by atoms with Gasteiger partial charge in [-0.25, -0.2) is 0 Å². The average Bonchev–Trinajstić information content (AvgIpc) is 3.06. The Hall–Kier alpha value is -2.18. The van der Waals surface area contributed by atoms with Gasteiger partial charge in [-0.3, -0.25) is 4.79 Å². The Morgan fingerprint density at radius 1 is 1.25 bits per heavy atom. The van der Waals surface area contributed by atoms with E-state index >= 15 is 0 Å². The van der Waals surface area contributed by atoms with Crippen molar-refractivity contribution in [3.8, 4) is 5.75 Å². The summed E-state index contributed by atoms with van der Waals surface area (Å²) in [6, 6.07) is 7.60. The van der Waals surface area contributed by atoms with E-state index in [9.17, 15) is 4.79 Å². The lowest BCUT2D eigenvalue weighted by molar-refractivity contribution is 0.112. The molecule has 0 spiro atoms. The molecule has 126 valence electrons. The molecule has 2 aromatic heterocycles. The fourth-order valence-corrected chi connectivity index (χ4v) is 3.39. The Kier molecular flexibility index (Phi) is 4.69. The average molecular weight is 345 g/mol. The maximum atomic E-state index is 12.0. The predicted octanol–water partition coefficient (Wildman–Crippen LogP) is 4.15. The van der Waals surface area contributed by atoms with E-state index in [1.54, 1.807) is 7.11 Å². The van der Waals surface area contributed by atoms with E-state index in [0.29, 0.717) is 11.5 Å². The van der Waals surface area contributed by atoms with Crippen molar-refractivity contribution in [2.45, 2.75) is 33.5 Å². The molecule has 1 aromatic carbocycles. The number of hydrogen-bond donors (Lipinski definition) is 0. The topological polar surface area (TPSA) is 61.6 Å². The number of fused-ring (bicyclic) bond motifs is 1. The van der Waals surface area contributed by atoms with Gasteiger partial charge in [-0.2, -0.15) is 0 Å². The molecule has 6 heteroatoms. The van der Waals surface area contributed by atoms with Gasteiger partial charge in [-0.1, -0.05) is 16.5 Å². The van der Waals surface area contributed by atoms with Crippen LogP contribution in [0.5, 0.6) is 5.75 Å². The van der Waals surface area contributed by atoms with Crippen molar-refractivity contribution in [3.63, 3.8) is 0 Å². The van der Waals surface area contributed by atoms with Crippen LogP contribution in [0.15, 0.2) is 33.6 Å². The molecule has 1 unspecified atom stereocenters. The van der Waals surface area contributed by atoms with Crippen LogP contribution in [0.25, 0.3) is 10.1 Å². The maximum absolute atomic E-state index is 12.0. The molecular weight excluding hydrogens is 326 g/mol. The van der Waals surface area contributed by atoms with Gasteiger partial charge in [0.1, 0.15) is 18.1 Å². The highest BCUT2D eigenvalue weighted by atomic mass is 32.1. The lowest BCUT2D eigenvalue weighted by atomic mass is 10.1. The zero-order chi connectivity index (χ0) is 17.3. The first kappa shape index (κ1) is 16.7. The van der Waals surface area contributed by atoms with Gasteiger partial charge in [0.05, 0.1) is 6.10 Å². The smallest absolute Gasteiger partial charge is 0.236 e. The maximum Gasteiger partial charge on any atom is 0.236 e. The van der Waals surface area contributed by atoms with Crippen LogP contribution in [0.3, 0.4) is 0 Å². The summed E-state index contributed by atoms with van der Waals surface area (Å²) in [5.74, 6) is 1.32. The summed E-state index contributed by atoms with van der Waals surface area (Å²) in [5.41, 5.74) is 2.57. The quantitative estimate of drug-likeness (QED) is 0.695. The molecule has 0 saturated heterocycles. The highest BCUT2D eigenvalue weighted by Crippen LogP contribution is 2.27. The van der Waals surface area contributed by atoms with Crippen molar-refractivity contribution in [2.75, 3.05) is 7.11 Å². The summed E-state index contributed by atoms with van der Waals surface area (Å²) >= 11 is 1.24. The first-order valence-corrected chi connectivity index (χ1v) is 8.46. The number of hydrogen-bond acceptors (Lipinski definition) is 6. The molecule has 1 atom stereocenters. The van der Waals surface area contributed by atoms with Crippen molar-refractivity contribution in [1.29, 1.82) is 0 Å². The second kappa shape index (κ2) is 6.75. The van der Waals surface area contributed by atoms with E-state index in [1.807, 2.05) is 45.0 Å². The first-order valence-electron chi connectivity index (χ1n) is 7.64. The fourth-order valence-electron chi connectivity index (χ4n) is 2.38. The Labute approximate surface area is 143 Å². The van der Waals surface area contributed by atoms with Crippen LogP contribution >= 0.6 is 11.3 Å². The summed E-state index contributed by atoms with van der Waals surface area (Å²) in [6.45, 7) is 6.01. The molecule has 3 aromatic rings. The predicted molar refractivity (Wildman–Crippen MR) is 93.8 cm³/mol. The van der Waals surface area contributed by atoms with E-state index in [0.717, 1.165) is 26.9 Å². The molecule has 0 bridgehead atoms. The largest absolute Gasteiger partial charge is 0.485 e. The minimum Gasteiger partial charge on any atom is -0.485 e. The molecule has 0 aliphatic carbocycles. The number of nitrogens with zero attached hydrogens (tertiary/aromatic N) is 1. The number of ether oxygens (including phenoxy) is 2. The Morgan fingerprint density at radius 2 is 2.04 bits per heavy atom. The van der Waals surface area contributed by atoms with Crippen LogP contribution in [0.4, 0.5) is 0 Å². The third-order valence-corrected chi connectivity index (χ3v) is 5.21. The van der Waals surface area contributed by atoms with E-state index in [2.05, 4.69) is 5.16 Å². The van der Waals surface area contributed by atoms with Gasteiger partial charge in [-0.15, -0.1) is 0 Å². The van der Waals surface area contributed by atoms with Crippen LogP contribution in [-0.2, 0) is 11.3 Å². The zero-order valence-electron chi connectivity index (χ0n) is 14.1. The van der Waals surface area contributed by atoms with Crippen molar-refractivity contribution in [1.82, 2.24) is 5.16 Å². The molecule has 0 amide bonds. The number of benzene rings is 1. The highest BCUT2D eigenvalue weighted by molar-refractivity contribution is 7.16. The second-order valence-electron chi connectivity index (χ2n) is 5.68. The minimum absolute atomic E-state index is 0.0885. The van der Waals surface area contributed by atoms with Crippen LogP contribution < -0.4 is 9.48 Å². The third kappa shape index (κ3) is 3.20. The van der Waals surface area contributed by atoms with Crippen LogP contribution in [0.1, 0.15) is 35.6 Å². The molecule has 24 heavy (non-hydrogen) atoms. The number of aryl methyl sites for hydroxylation is 1. The Morgan fingerprint density at radius 3 is 2.79 bits per heavy atom. The SMILES string of the molecule is COC(C)c1cc(COc2ccc3c(C)c(C)c(=O)sc3c2)on1. The van der Waals surface area contributed by atoms with Crippen molar-refractivity contribution >= 4 is 21.4 Å². The third-order valence-electron chi connectivity index (χ3n) is 4.16. The van der Waals surface area contributed by atoms with Crippen molar-refractivity contribution in [2.24, 2.45) is 0 Å². The van der Waals surface area contributed by atoms with Crippen LogP contribution in [0.2, 0.25) is 0 Å².